The van der Waals surface area contributed by atoms with E-state index in [4.69, 9.17) is 99.5 Å². The second kappa shape index (κ2) is 32.3. The molecule has 35 nitrogen and oxygen atoms in total. The zero-order valence-corrected chi connectivity index (χ0v) is 49.7. The van der Waals surface area contributed by atoms with Crippen molar-refractivity contribution < 1.29 is 167 Å². The Labute approximate surface area is 495 Å². The molecule has 0 bridgehead atoms. The zero-order chi connectivity index (χ0) is 65.4. The highest BCUT2D eigenvalue weighted by atomic mass is 16.8. The summed E-state index contributed by atoms with van der Waals surface area (Å²) in [7, 11) is 0. The van der Waals surface area contributed by atoms with Crippen molar-refractivity contribution in [3.63, 3.8) is 0 Å². The van der Waals surface area contributed by atoms with E-state index < -0.39 is 233 Å². The van der Waals surface area contributed by atoms with E-state index in [2.05, 4.69) is 0 Å². The zero-order valence-electron chi connectivity index (χ0n) is 49.7. The van der Waals surface area contributed by atoms with Crippen LogP contribution in [0, 0.1) is 0 Å². The van der Waals surface area contributed by atoms with Gasteiger partial charge in [0.15, 0.2) is 86.0 Å². The van der Waals surface area contributed by atoms with Crippen molar-refractivity contribution in [2.24, 2.45) is 0 Å². The van der Waals surface area contributed by atoms with Crippen molar-refractivity contribution in [2.75, 3.05) is 33.0 Å². The van der Waals surface area contributed by atoms with Crippen LogP contribution in [0.2, 0.25) is 0 Å². The van der Waals surface area contributed by atoms with E-state index in [0.29, 0.717) is 0 Å². The average Bonchev–Trinajstić information content (AvgIpc) is 1.78. The molecular formula is C52H70O35. The summed E-state index contributed by atoms with van der Waals surface area (Å²) in [4.78, 5) is 179. The van der Waals surface area contributed by atoms with Gasteiger partial charge in [-0.25, -0.2) is 0 Å². The highest BCUT2D eigenvalue weighted by Gasteiger charge is 2.66. The van der Waals surface area contributed by atoms with Crippen LogP contribution in [0.4, 0.5) is 0 Å². The fourth-order valence-electron chi connectivity index (χ4n) is 9.35. The number of hydrogen-bond donors (Lipinski definition) is 0. The lowest BCUT2D eigenvalue weighted by Crippen LogP contribution is -2.68. The van der Waals surface area contributed by atoms with Gasteiger partial charge in [-0.15, -0.1) is 0 Å². The summed E-state index contributed by atoms with van der Waals surface area (Å²) < 4.78 is 122. The summed E-state index contributed by atoms with van der Waals surface area (Å²) in [5.74, 6) is -17.5. The van der Waals surface area contributed by atoms with Gasteiger partial charge in [0.1, 0.15) is 50.8 Å². The standard InChI is InChI=1S/C52H70O35/c1-20(53)67-15-34-38(72-24(5)57)42(76-28(9)61)45(79-31(12)64)49(82-34)70-17-36-40(74-26(7)59)43(77-29(10)62)46(80-32(13)65)50(83-36)85-47-44(78-30(11)63)39(73-25(6)58)35(16-68-21(2)54)84-51(47)87-52(19-71-23(4)56)48(81-33(14)66)41(75-27(8)60)37(86-52)18-69-22(3)55/h34-51H,15-19H2,1-14H3/t34-,35-,36-,37-,38+,39-,40+,41-,42+,43+,44+,45-,46-,47-,48+,49+,50-,51-,52+/m1/s1. The minimum atomic E-state index is -2.85. The molecule has 0 amide bonds. The molecule has 4 fully saturated rings. The van der Waals surface area contributed by atoms with E-state index in [9.17, 15) is 67.1 Å². The molecule has 4 rings (SSSR count). The second-order valence-electron chi connectivity index (χ2n) is 19.5. The van der Waals surface area contributed by atoms with Crippen molar-refractivity contribution in [1.82, 2.24) is 0 Å². The van der Waals surface area contributed by atoms with Crippen LogP contribution in [0.5, 0.6) is 0 Å². The van der Waals surface area contributed by atoms with Gasteiger partial charge >= 0.3 is 83.6 Å². The topological polar surface area (TPSA) is 433 Å². The fraction of sp³-hybridized carbons (Fsp3) is 0.731. The third-order valence-corrected chi connectivity index (χ3v) is 12.1. The molecule has 4 heterocycles. The van der Waals surface area contributed by atoms with Crippen LogP contribution in [0.1, 0.15) is 96.9 Å². The van der Waals surface area contributed by atoms with Gasteiger partial charge in [-0.2, -0.15) is 0 Å². The Kier molecular flexibility index (Phi) is 26.7. The molecule has 4 aliphatic heterocycles. The monoisotopic (exact) mass is 1250 g/mol. The van der Waals surface area contributed by atoms with Crippen LogP contribution in [0.15, 0.2) is 0 Å². The van der Waals surface area contributed by atoms with Crippen LogP contribution < -0.4 is 0 Å². The molecule has 0 N–H and O–H groups in total. The number of hydrogen-bond acceptors (Lipinski definition) is 35. The highest BCUT2D eigenvalue weighted by Crippen LogP contribution is 2.43. The lowest BCUT2D eigenvalue weighted by molar-refractivity contribution is -0.409. The fourth-order valence-corrected chi connectivity index (χ4v) is 9.35. The van der Waals surface area contributed by atoms with Crippen molar-refractivity contribution in [2.45, 2.75) is 213 Å². The van der Waals surface area contributed by atoms with Gasteiger partial charge in [-0.3, -0.25) is 67.1 Å². The summed E-state index contributed by atoms with van der Waals surface area (Å²) in [6.45, 7) is 8.49. The lowest BCUT2D eigenvalue weighted by Gasteiger charge is -2.50. The predicted octanol–water partition coefficient (Wildman–Crippen LogP) is -1.76. The predicted molar refractivity (Wildman–Crippen MR) is 268 cm³/mol. The molecule has 0 aliphatic carbocycles. The Bertz CT molecular complexity index is 2550. The van der Waals surface area contributed by atoms with Crippen LogP contribution in [-0.2, 0) is 167 Å². The van der Waals surface area contributed by atoms with Gasteiger partial charge in [0.05, 0.1) is 6.61 Å². The number of ether oxygens (including phenoxy) is 21. The van der Waals surface area contributed by atoms with Crippen LogP contribution >= 0.6 is 0 Å². The first kappa shape index (κ1) is 71.8. The van der Waals surface area contributed by atoms with Gasteiger partial charge in [-0.05, 0) is 0 Å². The molecule has 35 heteroatoms. The molecule has 19 atom stereocenters. The number of carbonyl (C=O) groups is 14. The molecule has 4 saturated heterocycles. The SMILES string of the molecule is CC(=O)OC[C@H]1O[C@H](OC[C@H]2O[C@H](O[C@H]3[C@@H](O[C@]4(COC(C)=O)O[C@H](COC(C)=O)[C@@H](OC(C)=O)[C@@H]4OC(C)=O)O[C@H](COC(C)=O)[C@@H](OC(C)=O)[C@@H]3OC(C)=O)[C@H](OC(C)=O)[C@@H](OC(C)=O)[C@H]2OC(C)=O)[C@H](OC(C)=O)[C@@H](OC(C)=O)[C@H]1OC(C)=O. The minimum absolute atomic E-state index is 0.722. The quantitative estimate of drug-likeness (QED) is 0.0722. The van der Waals surface area contributed by atoms with E-state index in [1.54, 1.807) is 0 Å². The molecular weight excluding hydrogens is 1180 g/mol. The smallest absolute Gasteiger partial charge is 0.303 e. The van der Waals surface area contributed by atoms with Gasteiger partial charge < -0.3 is 99.5 Å². The maximum atomic E-state index is 13.3. The first-order chi connectivity index (χ1) is 40.6. The lowest BCUT2D eigenvalue weighted by atomic mass is 9.95. The molecule has 87 heavy (non-hydrogen) atoms. The average molecular weight is 1260 g/mol. The summed E-state index contributed by atoms with van der Waals surface area (Å²) in [6.07, 6.45) is -35.6. The molecule has 0 saturated carbocycles. The molecule has 0 spiro atoms. The van der Waals surface area contributed by atoms with Crippen LogP contribution in [0.25, 0.3) is 0 Å². The summed E-state index contributed by atoms with van der Waals surface area (Å²) in [5.41, 5.74) is 0. The third-order valence-electron chi connectivity index (χ3n) is 12.1. The van der Waals surface area contributed by atoms with Crippen molar-refractivity contribution in [1.29, 1.82) is 0 Å². The maximum Gasteiger partial charge on any atom is 0.303 e. The largest absolute Gasteiger partial charge is 0.463 e. The van der Waals surface area contributed by atoms with E-state index in [-0.39, 0.29) is 0 Å². The molecule has 488 valence electrons. The minimum Gasteiger partial charge on any atom is -0.463 e. The normalized spacial score (nSPS) is 31.7. The Balaban J connectivity index is 2.07. The van der Waals surface area contributed by atoms with E-state index in [1.165, 1.54) is 0 Å². The number of rotatable bonds is 25. The van der Waals surface area contributed by atoms with Crippen LogP contribution in [0.3, 0.4) is 0 Å². The van der Waals surface area contributed by atoms with Gasteiger partial charge in [0.25, 0.3) is 0 Å². The number of carbonyl (C=O) groups excluding carboxylic acids is 14. The molecule has 4 aliphatic rings. The van der Waals surface area contributed by atoms with E-state index in [0.717, 1.165) is 96.9 Å². The Morgan fingerprint density at radius 3 is 0.966 bits per heavy atom. The van der Waals surface area contributed by atoms with Gasteiger partial charge in [-0.1, -0.05) is 0 Å². The second-order valence-corrected chi connectivity index (χ2v) is 19.5. The molecule has 0 aromatic rings. The molecule has 0 unspecified atom stereocenters. The maximum absolute atomic E-state index is 13.3. The number of esters is 14. The third kappa shape index (κ3) is 21.3. The highest BCUT2D eigenvalue weighted by molar-refractivity contribution is 5.71. The summed E-state index contributed by atoms with van der Waals surface area (Å²) >= 11 is 0. The van der Waals surface area contributed by atoms with Crippen LogP contribution in [-0.4, -0.2) is 233 Å². The summed E-state index contributed by atoms with van der Waals surface area (Å²) in [5, 5.41) is 0. The Hall–Kier alpha value is -7.70. The van der Waals surface area contributed by atoms with Crippen molar-refractivity contribution >= 4 is 83.6 Å². The Morgan fingerprint density at radius 2 is 0.586 bits per heavy atom. The van der Waals surface area contributed by atoms with Gasteiger partial charge in [0.2, 0.25) is 5.79 Å². The molecule has 0 aromatic heterocycles. The van der Waals surface area contributed by atoms with E-state index in [1.807, 2.05) is 0 Å². The van der Waals surface area contributed by atoms with E-state index >= 15 is 0 Å². The summed E-state index contributed by atoms with van der Waals surface area (Å²) in [6, 6.07) is 0. The van der Waals surface area contributed by atoms with Crippen molar-refractivity contribution in [3.05, 3.63) is 0 Å². The molecule has 0 radical (unpaired) electrons. The first-order valence-corrected chi connectivity index (χ1v) is 26.5. The Morgan fingerprint density at radius 1 is 0.287 bits per heavy atom. The van der Waals surface area contributed by atoms with Gasteiger partial charge in [0, 0.05) is 96.9 Å². The molecule has 0 aromatic carbocycles. The first-order valence-electron chi connectivity index (χ1n) is 26.5. The van der Waals surface area contributed by atoms with Crippen molar-refractivity contribution in [3.8, 4) is 0 Å².